The Bertz CT molecular complexity index is 239. The van der Waals surface area contributed by atoms with E-state index in [1.807, 2.05) is 0 Å². The zero-order chi connectivity index (χ0) is 8.27. The number of halogens is 2. The molecule has 60 valence electrons. The van der Waals surface area contributed by atoms with Crippen LogP contribution in [0.2, 0.25) is 5.02 Å². The molecule has 0 aliphatic rings. The van der Waals surface area contributed by atoms with Gasteiger partial charge < -0.3 is 5.73 Å². The maximum atomic E-state index is 12.9. The van der Waals surface area contributed by atoms with Crippen molar-refractivity contribution >= 4 is 11.6 Å². The van der Waals surface area contributed by atoms with Gasteiger partial charge in [0, 0.05) is 17.1 Å². The summed E-state index contributed by atoms with van der Waals surface area (Å²) in [6.45, 7) is -0.0241. The second kappa shape index (κ2) is 3.69. The van der Waals surface area contributed by atoms with Gasteiger partial charge in [-0.25, -0.2) is 4.39 Å². The third-order valence-electron chi connectivity index (χ3n) is 1.45. The molecule has 2 N–H and O–H groups in total. The Labute approximate surface area is 70.0 Å². The van der Waals surface area contributed by atoms with Crippen molar-refractivity contribution in [3.05, 3.63) is 34.9 Å². The molecule has 0 fully saturated rings. The first-order chi connectivity index (χ1) is 5.25. The Morgan fingerprint density at radius 1 is 1.45 bits per heavy atom. The van der Waals surface area contributed by atoms with Crippen LogP contribution in [0.25, 0.3) is 0 Å². The Morgan fingerprint density at radius 2 is 2.09 bits per heavy atom. The monoisotopic (exact) mass is 173 g/mol. The number of hydrogen-bond acceptors (Lipinski definition) is 1. The number of benzene rings is 1. The van der Waals surface area contributed by atoms with Gasteiger partial charge in [-0.05, 0) is 6.07 Å². The first-order valence-corrected chi connectivity index (χ1v) is 3.72. The molecular weight excluding hydrogens is 165 g/mol. The number of alkyl halides is 1. The van der Waals surface area contributed by atoms with Gasteiger partial charge in [-0.2, -0.15) is 0 Å². The summed E-state index contributed by atoms with van der Waals surface area (Å²) in [4.78, 5) is 0. The Kier molecular flexibility index (Phi) is 2.85. The van der Waals surface area contributed by atoms with Crippen LogP contribution in [0.3, 0.4) is 0 Å². The summed E-state index contributed by atoms with van der Waals surface area (Å²) in [6.07, 6.45) is -1.15. The van der Waals surface area contributed by atoms with E-state index in [4.69, 9.17) is 17.3 Å². The Hall–Kier alpha value is -0.600. The predicted molar refractivity (Wildman–Crippen MR) is 44.4 cm³/mol. The van der Waals surface area contributed by atoms with Crippen molar-refractivity contribution in [3.8, 4) is 0 Å². The maximum Gasteiger partial charge on any atom is 0.139 e. The molecule has 1 aromatic rings. The molecule has 1 unspecified atom stereocenters. The van der Waals surface area contributed by atoms with Crippen LogP contribution in [0.1, 0.15) is 11.7 Å². The van der Waals surface area contributed by atoms with Crippen molar-refractivity contribution in [1.82, 2.24) is 0 Å². The third kappa shape index (κ3) is 1.91. The fourth-order valence-corrected chi connectivity index (χ4v) is 1.11. The second-order valence-electron chi connectivity index (χ2n) is 2.22. The van der Waals surface area contributed by atoms with Gasteiger partial charge in [0.2, 0.25) is 0 Å². The first kappa shape index (κ1) is 8.50. The minimum absolute atomic E-state index is 0.0241. The first-order valence-electron chi connectivity index (χ1n) is 3.34. The molecule has 0 saturated carbocycles. The van der Waals surface area contributed by atoms with E-state index in [1.54, 1.807) is 24.3 Å². The lowest BCUT2D eigenvalue weighted by atomic mass is 10.1. The minimum Gasteiger partial charge on any atom is -0.327 e. The van der Waals surface area contributed by atoms with E-state index in [1.165, 1.54) is 0 Å². The normalized spacial score (nSPS) is 13.0. The maximum absolute atomic E-state index is 12.9. The van der Waals surface area contributed by atoms with E-state index in [9.17, 15) is 4.39 Å². The van der Waals surface area contributed by atoms with Crippen LogP contribution in [0.15, 0.2) is 24.3 Å². The fraction of sp³-hybridized carbons (Fsp3) is 0.250. The summed E-state index contributed by atoms with van der Waals surface area (Å²) in [7, 11) is 0. The highest BCUT2D eigenvalue weighted by atomic mass is 35.5. The summed E-state index contributed by atoms with van der Waals surface area (Å²) in [5.74, 6) is 0. The van der Waals surface area contributed by atoms with E-state index >= 15 is 0 Å². The summed E-state index contributed by atoms with van der Waals surface area (Å²) in [6, 6.07) is 6.79. The number of nitrogens with two attached hydrogens (primary N) is 1. The highest BCUT2D eigenvalue weighted by molar-refractivity contribution is 6.31. The van der Waals surface area contributed by atoms with Crippen molar-refractivity contribution in [2.24, 2.45) is 5.73 Å². The molecule has 1 aromatic carbocycles. The molecule has 1 nitrogen and oxygen atoms in total. The van der Waals surface area contributed by atoms with Crippen molar-refractivity contribution in [2.45, 2.75) is 6.17 Å². The second-order valence-corrected chi connectivity index (χ2v) is 2.63. The van der Waals surface area contributed by atoms with Gasteiger partial charge >= 0.3 is 0 Å². The molecule has 1 rings (SSSR count). The van der Waals surface area contributed by atoms with Crippen LogP contribution < -0.4 is 5.73 Å². The smallest absolute Gasteiger partial charge is 0.139 e. The number of hydrogen-bond donors (Lipinski definition) is 1. The van der Waals surface area contributed by atoms with Crippen LogP contribution in [0.4, 0.5) is 4.39 Å². The van der Waals surface area contributed by atoms with E-state index in [2.05, 4.69) is 0 Å². The summed E-state index contributed by atoms with van der Waals surface area (Å²) in [5, 5.41) is 0.436. The average molecular weight is 174 g/mol. The molecule has 0 radical (unpaired) electrons. The molecule has 3 heteroatoms. The molecule has 0 heterocycles. The lowest BCUT2D eigenvalue weighted by molar-refractivity contribution is 0.353. The lowest BCUT2D eigenvalue weighted by Crippen LogP contribution is -2.07. The van der Waals surface area contributed by atoms with Crippen LogP contribution >= 0.6 is 11.6 Å². The van der Waals surface area contributed by atoms with E-state index < -0.39 is 6.17 Å². The van der Waals surface area contributed by atoms with Crippen LogP contribution in [-0.2, 0) is 0 Å². The molecular formula is C8H9ClFN. The van der Waals surface area contributed by atoms with Crippen molar-refractivity contribution in [1.29, 1.82) is 0 Å². The molecule has 0 amide bonds. The predicted octanol–water partition coefficient (Wildman–Crippen LogP) is 2.31. The highest BCUT2D eigenvalue weighted by Gasteiger charge is 2.09. The quantitative estimate of drug-likeness (QED) is 0.730. The summed E-state index contributed by atoms with van der Waals surface area (Å²) in [5.41, 5.74) is 5.61. The van der Waals surface area contributed by atoms with Gasteiger partial charge in [0.1, 0.15) is 6.17 Å². The van der Waals surface area contributed by atoms with Gasteiger partial charge in [-0.3, -0.25) is 0 Å². The van der Waals surface area contributed by atoms with Crippen LogP contribution in [0.5, 0.6) is 0 Å². The molecule has 0 bridgehead atoms. The van der Waals surface area contributed by atoms with Gasteiger partial charge in [0.25, 0.3) is 0 Å². The Morgan fingerprint density at radius 3 is 2.64 bits per heavy atom. The molecule has 1 atom stereocenters. The topological polar surface area (TPSA) is 26.0 Å². The van der Waals surface area contributed by atoms with Crippen molar-refractivity contribution in [2.75, 3.05) is 6.54 Å². The molecule has 0 aliphatic carbocycles. The van der Waals surface area contributed by atoms with Gasteiger partial charge in [-0.15, -0.1) is 0 Å². The zero-order valence-corrected chi connectivity index (χ0v) is 6.68. The SMILES string of the molecule is NCC(F)c1ccccc1Cl. The molecule has 0 aliphatic heterocycles. The highest BCUT2D eigenvalue weighted by Crippen LogP contribution is 2.23. The van der Waals surface area contributed by atoms with Gasteiger partial charge in [0.15, 0.2) is 0 Å². The molecule has 0 spiro atoms. The van der Waals surface area contributed by atoms with Crippen molar-refractivity contribution < 1.29 is 4.39 Å². The van der Waals surface area contributed by atoms with E-state index in [0.29, 0.717) is 10.6 Å². The van der Waals surface area contributed by atoms with Crippen LogP contribution in [0, 0.1) is 0 Å². The third-order valence-corrected chi connectivity index (χ3v) is 1.79. The largest absolute Gasteiger partial charge is 0.327 e. The van der Waals surface area contributed by atoms with Gasteiger partial charge in [-0.1, -0.05) is 29.8 Å². The molecule has 11 heavy (non-hydrogen) atoms. The minimum atomic E-state index is -1.15. The van der Waals surface area contributed by atoms with Gasteiger partial charge in [0.05, 0.1) is 0 Å². The van der Waals surface area contributed by atoms with E-state index in [0.717, 1.165) is 0 Å². The zero-order valence-electron chi connectivity index (χ0n) is 5.93. The summed E-state index contributed by atoms with van der Waals surface area (Å²) < 4.78 is 12.9. The van der Waals surface area contributed by atoms with Crippen LogP contribution in [-0.4, -0.2) is 6.54 Å². The molecule has 0 saturated heterocycles. The van der Waals surface area contributed by atoms with E-state index in [-0.39, 0.29) is 6.54 Å². The number of rotatable bonds is 2. The van der Waals surface area contributed by atoms with Crippen molar-refractivity contribution in [3.63, 3.8) is 0 Å². The Balaban J connectivity index is 2.93. The lowest BCUT2D eigenvalue weighted by Gasteiger charge is -2.06. The standard InChI is InChI=1S/C8H9ClFN/c9-7-4-2-1-3-6(7)8(10)5-11/h1-4,8H,5,11H2. The summed E-state index contributed by atoms with van der Waals surface area (Å²) >= 11 is 5.70. The fourth-order valence-electron chi connectivity index (χ4n) is 0.856. The average Bonchev–Trinajstić information content (AvgIpc) is 2.04. The molecule has 0 aromatic heterocycles.